The van der Waals surface area contributed by atoms with Gasteiger partial charge in [-0.25, -0.2) is 0 Å². The third-order valence-electron chi connectivity index (χ3n) is 3.29. The third-order valence-corrected chi connectivity index (χ3v) is 3.29. The van der Waals surface area contributed by atoms with E-state index >= 15 is 0 Å². The molecular formula is C15H20F3N5O. The van der Waals surface area contributed by atoms with E-state index in [1.165, 1.54) is 4.68 Å². The number of carbonyl (C=O) groups is 1. The number of amides is 1. The van der Waals surface area contributed by atoms with Crippen molar-refractivity contribution in [1.82, 2.24) is 19.6 Å². The molecule has 1 amide bonds. The second-order valence-electron chi connectivity index (χ2n) is 6.87. The molecule has 9 heteroatoms. The molecule has 0 atom stereocenters. The van der Waals surface area contributed by atoms with Gasteiger partial charge in [-0.2, -0.15) is 23.4 Å². The average molecular weight is 343 g/mol. The van der Waals surface area contributed by atoms with Crippen molar-refractivity contribution in [3.05, 3.63) is 29.2 Å². The number of aromatic nitrogens is 4. The zero-order valence-electron chi connectivity index (χ0n) is 14.2. The fourth-order valence-corrected chi connectivity index (χ4v) is 2.30. The molecule has 132 valence electrons. The molecule has 0 radical (unpaired) electrons. The largest absolute Gasteiger partial charge is 0.433 e. The minimum Gasteiger partial charge on any atom is -0.305 e. The Morgan fingerprint density at radius 3 is 2.25 bits per heavy atom. The minimum absolute atomic E-state index is 0.0260. The van der Waals surface area contributed by atoms with Crippen molar-refractivity contribution in [3.8, 4) is 0 Å². The summed E-state index contributed by atoms with van der Waals surface area (Å²) in [6.07, 6.45) is -3.86. The van der Waals surface area contributed by atoms with Crippen LogP contribution in [-0.2, 0) is 26.7 Å². The van der Waals surface area contributed by atoms with Gasteiger partial charge < -0.3 is 5.32 Å². The number of rotatable bonds is 3. The molecule has 2 aromatic heterocycles. The smallest absolute Gasteiger partial charge is 0.305 e. The fraction of sp³-hybridized carbons (Fsp3) is 0.533. The van der Waals surface area contributed by atoms with Gasteiger partial charge in [0.2, 0.25) is 0 Å². The maximum atomic E-state index is 12.8. The second kappa shape index (κ2) is 5.95. The normalized spacial score (nSPS) is 12.5. The first-order chi connectivity index (χ1) is 10.9. The van der Waals surface area contributed by atoms with Crippen molar-refractivity contribution >= 4 is 11.7 Å². The monoisotopic (exact) mass is 343 g/mol. The van der Waals surface area contributed by atoms with Crippen molar-refractivity contribution < 1.29 is 18.0 Å². The Bertz CT molecular complexity index is 752. The lowest BCUT2D eigenvalue weighted by Gasteiger charge is -2.15. The van der Waals surface area contributed by atoms with E-state index in [0.29, 0.717) is 16.9 Å². The summed E-state index contributed by atoms with van der Waals surface area (Å²) in [7, 11) is 2.80. The summed E-state index contributed by atoms with van der Waals surface area (Å²) in [5, 5.41) is 10.5. The zero-order chi connectivity index (χ0) is 18.3. The average Bonchev–Trinajstić information content (AvgIpc) is 2.91. The Morgan fingerprint density at radius 1 is 1.12 bits per heavy atom. The third kappa shape index (κ3) is 4.15. The van der Waals surface area contributed by atoms with E-state index in [0.717, 1.165) is 18.8 Å². The number of aryl methyl sites for hydroxylation is 2. The first-order valence-corrected chi connectivity index (χ1v) is 7.32. The summed E-state index contributed by atoms with van der Waals surface area (Å²) in [6.45, 7) is 6.19. The Labute approximate surface area is 137 Å². The topological polar surface area (TPSA) is 64.7 Å². The van der Waals surface area contributed by atoms with Crippen LogP contribution in [-0.4, -0.2) is 25.5 Å². The summed E-state index contributed by atoms with van der Waals surface area (Å²) >= 11 is 0. The van der Waals surface area contributed by atoms with Crippen LogP contribution in [0.2, 0.25) is 0 Å². The second-order valence-corrected chi connectivity index (χ2v) is 6.87. The molecule has 0 saturated carbocycles. The van der Waals surface area contributed by atoms with Gasteiger partial charge in [0.1, 0.15) is 11.5 Å². The fourth-order valence-electron chi connectivity index (χ4n) is 2.30. The number of anilines is 1. The molecule has 6 nitrogen and oxygen atoms in total. The van der Waals surface area contributed by atoms with Crippen LogP contribution in [0.15, 0.2) is 12.1 Å². The molecular weight excluding hydrogens is 323 g/mol. The lowest BCUT2D eigenvalue weighted by Crippen LogP contribution is -2.15. The Hall–Kier alpha value is -2.32. The highest BCUT2D eigenvalue weighted by molar-refractivity contribution is 6.02. The summed E-state index contributed by atoms with van der Waals surface area (Å²) < 4.78 is 40.4. The van der Waals surface area contributed by atoms with Gasteiger partial charge in [0.15, 0.2) is 5.69 Å². The van der Waals surface area contributed by atoms with E-state index in [1.54, 1.807) is 13.1 Å². The maximum Gasteiger partial charge on any atom is 0.433 e. The number of hydrogen-bond donors (Lipinski definition) is 1. The first kappa shape index (κ1) is 18.0. The quantitative estimate of drug-likeness (QED) is 0.932. The highest BCUT2D eigenvalue weighted by Gasteiger charge is 2.35. The van der Waals surface area contributed by atoms with Crippen molar-refractivity contribution in [3.63, 3.8) is 0 Å². The van der Waals surface area contributed by atoms with E-state index in [1.807, 2.05) is 0 Å². The number of nitrogens with one attached hydrogen (secondary N) is 1. The lowest BCUT2D eigenvalue weighted by molar-refractivity contribution is -0.143. The molecule has 0 aliphatic heterocycles. The number of hydrogen-bond acceptors (Lipinski definition) is 3. The number of alkyl halides is 3. The van der Waals surface area contributed by atoms with E-state index in [2.05, 4.69) is 36.3 Å². The summed E-state index contributed by atoms with van der Waals surface area (Å²) in [4.78, 5) is 12.2. The standard InChI is InChI=1S/C15H20F3N5O/c1-14(2,3)8-9-6-12(23(5)20-9)19-13(24)10-7-11(15(16,17)18)22(4)21-10/h6-7H,8H2,1-5H3,(H,19,24). The van der Waals surface area contributed by atoms with E-state index in [-0.39, 0.29) is 11.1 Å². The van der Waals surface area contributed by atoms with E-state index in [9.17, 15) is 18.0 Å². The van der Waals surface area contributed by atoms with Gasteiger partial charge in [0, 0.05) is 26.2 Å². The highest BCUT2D eigenvalue weighted by atomic mass is 19.4. The Balaban J connectivity index is 2.19. The van der Waals surface area contributed by atoms with Gasteiger partial charge in [-0.05, 0) is 11.8 Å². The van der Waals surface area contributed by atoms with E-state index in [4.69, 9.17) is 0 Å². The molecule has 2 aromatic rings. The van der Waals surface area contributed by atoms with Gasteiger partial charge in [0.25, 0.3) is 5.91 Å². The molecule has 0 aliphatic rings. The molecule has 1 N–H and O–H groups in total. The molecule has 0 unspecified atom stereocenters. The van der Waals surface area contributed by atoms with Crippen LogP contribution in [0.3, 0.4) is 0 Å². The van der Waals surface area contributed by atoms with E-state index < -0.39 is 17.8 Å². The predicted molar refractivity (Wildman–Crippen MR) is 82.5 cm³/mol. The summed E-state index contributed by atoms with van der Waals surface area (Å²) in [5.74, 6) is -0.315. The van der Waals surface area contributed by atoms with Gasteiger partial charge in [-0.1, -0.05) is 20.8 Å². The molecule has 0 bridgehead atoms. The molecule has 24 heavy (non-hydrogen) atoms. The molecule has 2 rings (SSSR count). The lowest BCUT2D eigenvalue weighted by atomic mass is 9.91. The first-order valence-electron chi connectivity index (χ1n) is 7.32. The summed E-state index contributed by atoms with van der Waals surface area (Å²) in [6, 6.07) is 2.43. The van der Waals surface area contributed by atoms with Crippen molar-refractivity contribution in [2.75, 3.05) is 5.32 Å². The van der Waals surface area contributed by atoms with Gasteiger partial charge in [-0.3, -0.25) is 14.2 Å². The molecule has 2 heterocycles. The SMILES string of the molecule is Cn1nc(CC(C)(C)C)cc1NC(=O)c1cc(C(F)(F)F)n(C)n1. The molecule has 0 aromatic carbocycles. The Morgan fingerprint density at radius 2 is 1.75 bits per heavy atom. The van der Waals surface area contributed by atoms with Gasteiger partial charge in [-0.15, -0.1) is 0 Å². The molecule has 0 saturated heterocycles. The van der Waals surface area contributed by atoms with Crippen LogP contribution < -0.4 is 5.32 Å². The van der Waals surface area contributed by atoms with Crippen molar-refractivity contribution in [2.24, 2.45) is 19.5 Å². The molecule has 0 spiro atoms. The van der Waals surface area contributed by atoms with Crippen LogP contribution in [0.1, 0.15) is 42.6 Å². The minimum atomic E-state index is -4.56. The van der Waals surface area contributed by atoms with Crippen LogP contribution >= 0.6 is 0 Å². The maximum absolute atomic E-state index is 12.8. The number of carbonyl (C=O) groups excluding carboxylic acids is 1. The zero-order valence-corrected chi connectivity index (χ0v) is 14.2. The Kier molecular flexibility index (Phi) is 4.47. The molecule has 0 aliphatic carbocycles. The van der Waals surface area contributed by atoms with Crippen LogP contribution in [0.5, 0.6) is 0 Å². The predicted octanol–water partition coefficient (Wildman–Crippen LogP) is 3.01. The van der Waals surface area contributed by atoms with Crippen molar-refractivity contribution in [1.29, 1.82) is 0 Å². The van der Waals surface area contributed by atoms with Crippen LogP contribution in [0.4, 0.5) is 19.0 Å². The van der Waals surface area contributed by atoms with Crippen LogP contribution in [0.25, 0.3) is 0 Å². The van der Waals surface area contributed by atoms with Crippen LogP contribution in [0, 0.1) is 5.41 Å². The molecule has 0 fully saturated rings. The van der Waals surface area contributed by atoms with Crippen molar-refractivity contribution in [2.45, 2.75) is 33.4 Å². The number of nitrogens with zero attached hydrogens (tertiary/aromatic N) is 4. The van der Waals surface area contributed by atoms with Gasteiger partial charge in [0.05, 0.1) is 5.69 Å². The summed E-state index contributed by atoms with van der Waals surface area (Å²) in [5.41, 5.74) is -0.468. The number of halogens is 3. The van der Waals surface area contributed by atoms with Gasteiger partial charge >= 0.3 is 6.18 Å². The highest BCUT2D eigenvalue weighted by Crippen LogP contribution is 2.29.